The topological polar surface area (TPSA) is 176 Å². The van der Waals surface area contributed by atoms with Crippen molar-refractivity contribution in [2.24, 2.45) is 0 Å². The summed E-state index contributed by atoms with van der Waals surface area (Å²) in [6.45, 7) is 5.70. The van der Waals surface area contributed by atoms with E-state index in [1.54, 1.807) is 52.0 Å². The van der Waals surface area contributed by atoms with E-state index in [9.17, 15) is 17.9 Å². The summed E-state index contributed by atoms with van der Waals surface area (Å²) < 4.78 is 59.3. The Hall–Kier alpha value is -4.70. The van der Waals surface area contributed by atoms with Crippen LogP contribution in [0, 0.1) is 11.2 Å². The second-order valence-corrected chi connectivity index (χ2v) is 14.1. The van der Waals surface area contributed by atoms with E-state index in [1.165, 1.54) is 23.8 Å². The van der Waals surface area contributed by atoms with Gasteiger partial charge in [-0.15, -0.1) is 5.10 Å². The standard InChI is InChI=1S/C31H39FN8O6S/c1-18(35-17-31(2,3)41)24(14-33)39-9-10-47(42,43)27(16-39)28-37-29-21-12-22(32)26(46-6)13-23(21)36-30(40(29)38-28)34-15-19-7-8-20(44-4)11-25(19)45-5/h7-8,11-14,27,33,35,41H,9-10,15-17H2,1-6H3,(H,34,36)/b24-18+,33-14?. The molecule has 47 heavy (non-hydrogen) atoms. The van der Waals surface area contributed by atoms with E-state index in [1.807, 2.05) is 6.07 Å². The molecular formula is C31H39FN8O6S. The maximum atomic E-state index is 14.9. The number of hydrogen-bond acceptors (Lipinski definition) is 13. The minimum Gasteiger partial charge on any atom is -0.497 e. The molecule has 5 rings (SSSR count). The number of aliphatic hydroxyl groups is 1. The molecule has 1 unspecified atom stereocenters. The molecule has 0 amide bonds. The number of hydrogen-bond donors (Lipinski definition) is 4. The second-order valence-electron chi connectivity index (χ2n) is 11.8. The van der Waals surface area contributed by atoms with Crippen molar-refractivity contribution >= 4 is 38.6 Å². The normalized spacial score (nSPS) is 16.9. The van der Waals surface area contributed by atoms with Crippen LogP contribution in [-0.2, 0) is 16.4 Å². The van der Waals surface area contributed by atoms with Crippen molar-refractivity contribution in [1.29, 1.82) is 5.41 Å². The molecule has 0 bridgehead atoms. The van der Waals surface area contributed by atoms with E-state index in [4.69, 9.17) is 19.6 Å². The Kier molecular flexibility index (Phi) is 9.45. The maximum Gasteiger partial charge on any atom is 0.226 e. The predicted molar refractivity (Wildman–Crippen MR) is 176 cm³/mol. The summed E-state index contributed by atoms with van der Waals surface area (Å²) in [6.07, 6.45) is 1.15. The number of nitrogens with zero attached hydrogens (tertiary/aromatic N) is 5. The third-order valence-electron chi connectivity index (χ3n) is 7.89. The first-order chi connectivity index (χ1) is 22.3. The highest BCUT2D eigenvalue weighted by molar-refractivity contribution is 7.91. The average molecular weight is 671 g/mol. The highest BCUT2D eigenvalue weighted by Gasteiger charge is 2.38. The SMILES string of the molecule is COc1ccc(CNc2nc3cc(OC)c(F)cc3c3nc(C4CN(/C(C=N)=C(\C)NCC(C)(C)O)CCS4(=O)=O)nn23)c(OC)c1. The molecule has 2 aromatic carbocycles. The fourth-order valence-electron chi connectivity index (χ4n) is 5.33. The molecule has 1 aliphatic heterocycles. The van der Waals surface area contributed by atoms with Gasteiger partial charge >= 0.3 is 0 Å². The Bertz CT molecular complexity index is 1960. The average Bonchev–Trinajstić information content (AvgIpc) is 3.48. The van der Waals surface area contributed by atoms with Gasteiger partial charge in [0.1, 0.15) is 16.7 Å². The van der Waals surface area contributed by atoms with Gasteiger partial charge < -0.3 is 40.3 Å². The molecule has 1 aliphatic rings. The molecule has 0 radical (unpaired) electrons. The lowest BCUT2D eigenvalue weighted by atomic mass is 10.1. The molecule has 2 aromatic heterocycles. The predicted octanol–water partition coefficient (Wildman–Crippen LogP) is 3.07. The Morgan fingerprint density at radius 1 is 1.15 bits per heavy atom. The minimum absolute atomic E-state index is 0.0109. The lowest BCUT2D eigenvalue weighted by molar-refractivity contribution is 0.0823. The van der Waals surface area contributed by atoms with Crippen LogP contribution in [0.3, 0.4) is 0 Å². The minimum atomic E-state index is -3.72. The van der Waals surface area contributed by atoms with Crippen LogP contribution in [0.25, 0.3) is 16.6 Å². The quantitative estimate of drug-likeness (QED) is 0.162. The number of fused-ring (bicyclic) bond motifs is 3. The van der Waals surface area contributed by atoms with Crippen molar-refractivity contribution in [1.82, 2.24) is 29.8 Å². The molecule has 1 fully saturated rings. The molecule has 1 saturated heterocycles. The van der Waals surface area contributed by atoms with E-state index in [0.717, 1.165) is 11.8 Å². The van der Waals surface area contributed by atoms with Crippen LogP contribution in [0.5, 0.6) is 17.2 Å². The number of allylic oxidation sites excluding steroid dienone is 2. The zero-order chi connectivity index (χ0) is 34.1. The summed E-state index contributed by atoms with van der Waals surface area (Å²) in [7, 11) is 0.746. The van der Waals surface area contributed by atoms with Gasteiger partial charge in [-0.2, -0.15) is 4.52 Å². The number of benzene rings is 2. The highest BCUT2D eigenvalue weighted by Crippen LogP contribution is 2.33. The summed E-state index contributed by atoms with van der Waals surface area (Å²) in [4.78, 5) is 11.1. The molecule has 4 aromatic rings. The molecule has 3 heterocycles. The van der Waals surface area contributed by atoms with Gasteiger partial charge in [-0.1, -0.05) is 0 Å². The Morgan fingerprint density at radius 2 is 1.89 bits per heavy atom. The van der Waals surface area contributed by atoms with Gasteiger partial charge in [-0.25, -0.2) is 22.8 Å². The first-order valence-corrected chi connectivity index (χ1v) is 16.5. The number of halogens is 1. The third kappa shape index (κ3) is 7.02. The van der Waals surface area contributed by atoms with Gasteiger partial charge in [0.25, 0.3) is 0 Å². The van der Waals surface area contributed by atoms with Crippen LogP contribution in [0.4, 0.5) is 10.3 Å². The van der Waals surface area contributed by atoms with Gasteiger partial charge in [0.05, 0.1) is 43.9 Å². The van der Waals surface area contributed by atoms with Crippen molar-refractivity contribution in [3.8, 4) is 17.2 Å². The summed E-state index contributed by atoms with van der Waals surface area (Å²) in [6, 6.07) is 8.06. The summed E-state index contributed by atoms with van der Waals surface area (Å²) >= 11 is 0. The molecule has 4 N–H and O–H groups in total. The molecule has 14 nitrogen and oxygen atoms in total. The zero-order valence-corrected chi connectivity index (χ0v) is 27.9. The molecule has 0 saturated carbocycles. The van der Waals surface area contributed by atoms with Crippen molar-refractivity contribution in [3.63, 3.8) is 0 Å². The van der Waals surface area contributed by atoms with Crippen LogP contribution >= 0.6 is 0 Å². The smallest absolute Gasteiger partial charge is 0.226 e. The van der Waals surface area contributed by atoms with Crippen molar-refractivity contribution in [3.05, 3.63) is 58.9 Å². The zero-order valence-electron chi connectivity index (χ0n) is 27.1. The van der Waals surface area contributed by atoms with Gasteiger partial charge in [0, 0.05) is 61.2 Å². The molecule has 1 atom stereocenters. The van der Waals surface area contributed by atoms with Gasteiger partial charge in [0.15, 0.2) is 32.9 Å². The number of rotatable bonds is 12. The van der Waals surface area contributed by atoms with Gasteiger partial charge in [0.2, 0.25) is 5.95 Å². The lowest BCUT2D eigenvalue weighted by Crippen LogP contribution is -2.44. The third-order valence-corrected chi connectivity index (χ3v) is 9.87. The van der Waals surface area contributed by atoms with Crippen molar-refractivity contribution in [2.75, 3.05) is 52.0 Å². The fourth-order valence-corrected chi connectivity index (χ4v) is 6.91. The number of sulfone groups is 1. The van der Waals surface area contributed by atoms with E-state index >= 15 is 0 Å². The number of anilines is 1. The number of nitrogens with one attached hydrogen (secondary N) is 3. The summed E-state index contributed by atoms with van der Waals surface area (Å²) in [5.41, 5.74) is 1.44. The van der Waals surface area contributed by atoms with Crippen LogP contribution in [0.2, 0.25) is 0 Å². The second kappa shape index (κ2) is 13.2. The Balaban J connectivity index is 1.58. The van der Waals surface area contributed by atoms with Crippen LogP contribution < -0.4 is 24.8 Å². The number of methoxy groups -OCH3 is 3. The number of aromatic nitrogens is 4. The molecule has 252 valence electrons. The molecule has 0 aliphatic carbocycles. The first kappa shape index (κ1) is 33.7. The van der Waals surface area contributed by atoms with E-state index < -0.39 is 26.5 Å². The van der Waals surface area contributed by atoms with Gasteiger partial charge in [-0.05, 0) is 39.0 Å². The maximum absolute atomic E-state index is 14.9. The van der Waals surface area contributed by atoms with Crippen LogP contribution in [-0.4, -0.2) is 96.5 Å². The summed E-state index contributed by atoms with van der Waals surface area (Å²) in [5.74, 6) is 0.596. The molecular weight excluding hydrogens is 631 g/mol. The summed E-state index contributed by atoms with van der Waals surface area (Å²) in [5, 5.41) is 28.4. The van der Waals surface area contributed by atoms with E-state index in [-0.39, 0.29) is 55.1 Å². The van der Waals surface area contributed by atoms with E-state index in [0.29, 0.717) is 33.8 Å². The Morgan fingerprint density at radius 3 is 2.55 bits per heavy atom. The molecule has 0 spiro atoms. The fraction of sp³-hybridized carbons (Fsp3) is 0.419. The van der Waals surface area contributed by atoms with Gasteiger partial charge in [-0.3, -0.25) is 0 Å². The molecule has 16 heteroatoms. The van der Waals surface area contributed by atoms with Crippen LogP contribution in [0.15, 0.2) is 41.7 Å². The largest absolute Gasteiger partial charge is 0.497 e. The monoisotopic (exact) mass is 670 g/mol. The van der Waals surface area contributed by atoms with E-state index in [2.05, 4.69) is 25.7 Å². The highest BCUT2D eigenvalue weighted by atomic mass is 32.2. The van der Waals surface area contributed by atoms with Crippen LogP contribution in [0.1, 0.15) is 37.4 Å². The number of ether oxygens (including phenoxy) is 3. The Labute approximate surface area is 272 Å². The van der Waals surface area contributed by atoms with Crippen molar-refractivity contribution in [2.45, 2.75) is 38.2 Å². The van der Waals surface area contributed by atoms with Crippen molar-refractivity contribution < 1.29 is 32.1 Å². The first-order valence-electron chi connectivity index (χ1n) is 14.8. The lowest BCUT2D eigenvalue weighted by Gasteiger charge is -2.34.